The molecule has 0 atom stereocenters. The van der Waals surface area contributed by atoms with Gasteiger partial charge in [-0.25, -0.2) is 0 Å². The minimum atomic E-state index is -0.525. The van der Waals surface area contributed by atoms with Crippen LogP contribution >= 0.6 is 0 Å². The van der Waals surface area contributed by atoms with Gasteiger partial charge in [0.2, 0.25) is 0 Å². The van der Waals surface area contributed by atoms with Crippen molar-refractivity contribution in [3.05, 3.63) is 47.7 Å². The van der Waals surface area contributed by atoms with Gasteiger partial charge in [0.05, 0.1) is 29.1 Å². The fraction of sp³-hybridized carbons (Fsp3) is 0.125. The van der Waals surface area contributed by atoms with Crippen molar-refractivity contribution in [3.8, 4) is 5.75 Å². The van der Waals surface area contributed by atoms with Crippen LogP contribution in [0, 0.1) is 0 Å². The number of ketones is 1. The highest BCUT2D eigenvalue weighted by atomic mass is 16.5. The highest BCUT2D eigenvalue weighted by Gasteiger charge is 2.20. The van der Waals surface area contributed by atoms with E-state index in [1.165, 1.54) is 14.0 Å². The number of nitrogens with zero attached hydrogens (tertiary/aromatic N) is 1. The lowest BCUT2D eigenvalue weighted by molar-refractivity contribution is 0.0999. The molecule has 5 heteroatoms. The van der Waals surface area contributed by atoms with E-state index in [0.29, 0.717) is 27.8 Å². The summed E-state index contributed by atoms with van der Waals surface area (Å²) >= 11 is 0. The monoisotopic (exact) mass is 282 g/mol. The number of primary amides is 1. The number of methoxy groups -OCH3 is 1. The minimum absolute atomic E-state index is 0.0679. The molecule has 0 saturated heterocycles. The van der Waals surface area contributed by atoms with Gasteiger partial charge >= 0.3 is 0 Å². The third-order valence-corrected chi connectivity index (χ3v) is 3.58. The van der Waals surface area contributed by atoms with Crippen LogP contribution in [0.1, 0.15) is 27.6 Å². The average Bonchev–Trinajstić information content (AvgIpc) is 2.80. The zero-order valence-electron chi connectivity index (χ0n) is 11.7. The highest BCUT2D eigenvalue weighted by molar-refractivity contribution is 6.16. The van der Waals surface area contributed by atoms with Gasteiger partial charge in [-0.2, -0.15) is 0 Å². The number of pyridine rings is 1. The second kappa shape index (κ2) is 4.63. The molecular formula is C16H14N2O3. The van der Waals surface area contributed by atoms with Gasteiger partial charge in [0.25, 0.3) is 5.91 Å². The molecule has 0 unspecified atom stereocenters. The predicted molar refractivity (Wildman–Crippen MR) is 80.0 cm³/mol. The zero-order valence-corrected chi connectivity index (χ0v) is 11.7. The van der Waals surface area contributed by atoms with Crippen molar-refractivity contribution in [1.29, 1.82) is 0 Å². The van der Waals surface area contributed by atoms with Crippen LogP contribution in [0.5, 0.6) is 5.75 Å². The normalized spacial score (nSPS) is 11.0. The Morgan fingerprint density at radius 1 is 1.19 bits per heavy atom. The highest BCUT2D eigenvalue weighted by Crippen LogP contribution is 2.35. The van der Waals surface area contributed by atoms with Crippen LogP contribution in [0.4, 0.5) is 0 Å². The van der Waals surface area contributed by atoms with Crippen LogP contribution in [0.15, 0.2) is 36.5 Å². The third-order valence-electron chi connectivity index (χ3n) is 3.58. The van der Waals surface area contributed by atoms with Crippen molar-refractivity contribution in [2.75, 3.05) is 7.11 Å². The van der Waals surface area contributed by atoms with Gasteiger partial charge in [-0.1, -0.05) is 6.07 Å². The van der Waals surface area contributed by atoms with E-state index in [1.807, 2.05) is 28.8 Å². The standard InChI is InChI=1S/C16H14N2O3/c1-9(19)10-7-12-14(13(8-10)21-2)15(16(17)20)11-5-3-4-6-18(11)12/h3-8H,1-2H3,(H2,17,20). The van der Waals surface area contributed by atoms with Crippen molar-refractivity contribution in [3.63, 3.8) is 0 Å². The summed E-state index contributed by atoms with van der Waals surface area (Å²) in [5.41, 5.74) is 7.88. The summed E-state index contributed by atoms with van der Waals surface area (Å²) < 4.78 is 7.20. The predicted octanol–water partition coefficient (Wildman–Crippen LogP) is 2.40. The summed E-state index contributed by atoms with van der Waals surface area (Å²) in [4.78, 5) is 23.5. The van der Waals surface area contributed by atoms with E-state index >= 15 is 0 Å². The van der Waals surface area contributed by atoms with Crippen LogP contribution < -0.4 is 10.5 Å². The molecule has 0 spiro atoms. The van der Waals surface area contributed by atoms with Gasteiger partial charge in [-0.15, -0.1) is 0 Å². The van der Waals surface area contributed by atoms with E-state index < -0.39 is 5.91 Å². The minimum Gasteiger partial charge on any atom is -0.496 e. The van der Waals surface area contributed by atoms with Crippen molar-refractivity contribution < 1.29 is 14.3 Å². The fourth-order valence-corrected chi connectivity index (χ4v) is 2.64. The number of fused-ring (bicyclic) bond motifs is 3. The number of hydrogen-bond acceptors (Lipinski definition) is 3. The van der Waals surface area contributed by atoms with E-state index in [-0.39, 0.29) is 5.78 Å². The Morgan fingerprint density at radius 2 is 1.95 bits per heavy atom. The Balaban J connectivity index is 2.59. The molecule has 3 aromatic rings. The quantitative estimate of drug-likeness (QED) is 0.750. The van der Waals surface area contributed by atoms with Gasteiger partial charge in [-0.05, 0) is 31.2 Å². The molecule has 5 nitrogen and oxygen atoms in total. The molecule has 0 aliphatic heterocycles. The summed E-state index contributed by atoms with van der Waals surface area (Å²) in [5, 5.41) is 0.626. The summed E-state index contributed by atoms with van der Waals surface area (Å²) in [5.74, 6) is -0.125. The van der Waals surface area contributed by atoms with Crippen molar-refractivity contribution in [2.24, 2.45) is 5.73 Å². The maximum absolute atomic E-state index is 11.9. The second-order valence-corrected chi connectivity index (χ2v) is 4.82. The number of rotatable bonds is 3. The Morgan fingerprint density at radius 3 is 2.57 bits per heavy atom. The van der Waals surface area contributed by atoms with Gasteiger partial charge in [0, 0.05) is 11.8 Å². The lowest BCUT2D eigenvalue weighted by atomic mass is 10.1. The second-order valence-electron chi connectivity index (χ2n) is 4.82. The average molecular weight is 282 g/mol. The number of aromatic nitrogens is 1. The lowest BCUT2D eigenvalue weighted by Crippen LogP contribution is -2.11. The number of benzene rings is 1. The van der Waals surface area contributed by atoms with Crippen LogP contribution in [0.25, 0.3) is 16.4 Å². The van der Waals surface area contributed by atoms with Crippen LogP contribution in [-0.4, -0.2) is 23.2 Å². The van der Waals surface area contributed by atoms with E-state index in [9.17, 15) is 9.59 Å². The van der Waals surface area contributed by atoms with Gasteiger partial charge in [0.15, 0.2) is 5.78 Å². The molecule has 0 aliphatic carbocycles. The molecule has 0 fully saturated rings. The van der Waals surface area contributed by atoms with Gasteiger partial charge in [-0.3, -0.25) is 9.59 Å². The molecule has 0 saturated carbocycles. The first-order valence-corrected chi connectivity index (χ1v) is 6.46. The molecular weight excluding hydrogens is 268 g/mol. The van der Waals surface area contributed by atoms with Crippen LogP contribution in [0.3, 0.4) is 0 Å². The number of carbonyl (C=O) groups is 2. The zero-order chi connectivity index (χ0) is 15.1. The van der Waals surface area contributed by atoms with Crippen molar-refractivity contribution >= 4 is 28.1 Å². The number of amides is 1. The van der Waals surface area contributed by atoms with Crippen molar-refractivity contribution in [1.82, 2.24) is 4.40 Å². The molecule has 21 heavy (non-hydrogen) atoms. The van der Waals surface area contributed by atoms with E-state index in [0.717, 1.165) is 5.52 Å². The van der Waals surface area contributed by atoms with Crippen LogP contribution in [-0.2, 0) is 0 Å². The largest absolute Gasteiger partial charge is 0.496 e. The molecule has 3 rings (SSSR count). The molecule has 0 aliphatic rings. The molecule has 2 aromatic heterocycles. The first-order chi connectivity index (χ1) is 10.0. The van der Waals surface area contributed by atoms with Crippen molar-refractivity contribution in [2.45, 2.75) is 6.92 Å². The van der Waals surface area contributed by atoms with Crippen LogP contribution in [0.2, 0.25) is 0 Å². The summed E-state index contributed by atoms with van der Waals surface area (Å²) in [7, 11) is 1.51. The third kappa shape index (κ3) is 1.86. The number of nitrogens with two attached hydrogens (primary N) is 1. The molecule has 0 bridgehead atoms. The lowest BCUT2D eigenvalue weighted by Gasteiger charge is -2.06. The first kappa shape index (κ1) is 13.2. The molecule has 2 N–H and O–H groups in total. The molecule has 1 aromatic carbocycles. The maximum atomic E-state index is 11.9. The Labute approximate surface area is 120 Å². The Kier molecular flexibility index (Phi) is 2.90. The number of hydrogen-bond donors (Lipinski definition) is 1. The van der Waals surface area contributed by atoms with Gasteiger partial charge in [0.1, 0.15) is 5.75 Å². The topological polar surface area (TPSA) is 73.8 Å². The first-order valence-electron chi connectivity index (χ1n) is 6.46. The van der Waals surface area contributed by atoms with E-state index in [1.54, 1.807) is 12.1 Å². The maximum Gasteiger partial charge on any atom is 0.251 e. The number of Topliss-reactive ketones (excluding diaryl/α,β-unsaturated/α-hetero) is 1. The molecule has 106 valence electrons. The Bertz CT molecular complexity index is 893. The van der Waals surface area contributed by atoms with Gasteiger partial charge < -0.3 is 14.9 Å². The molecule has 0 radical (unpaired) electrons. The number of carbonyl (C=O) groups excluding carboxylic acids is 2. The SMILES string of the molecule is COc1cc(C(C)=O)cc2c1c(C(N)=O)c1ccccn12. The molecule has 2 heterocycles. The van der Waals surface area contributed by atoms with E-state index in [2.05, 4.69) is 0 Å². The smallest absolute Gasteiger partial charge is 0.251 e. The number of ether oxygens (including phenoxy) is 1. The summed E-state index contributed by atoms with van der Waals surface area (Å²) in [6.07, 6.45) is 1.83. The Hall–Kier alpha value is -2.82. The summed E-state index contributed by atoms with van der Waals surface area (Å²) in [6.45, 7) is 1.49. The summed E-state index contributed by atoms with van der Waals surface area (Å²) in [6, 6.07) is 8.88. The fourth-order valence-electron chi connectivity index (χ4n) is 2.64. The molecule has 1 amide bonds. The van der Waals surface area contributed by atoms with E-state index in [4.69, 9.17) is 10.5 Å².